The van der Waals surface area contributed by atoms with Crippen molar-refractivity contribution >= 4 is 12.4 Å². The average Bonchev–Trinajstić information content (AvgIpc) is 2.03. The zero-order chi connectivity index (χ0) is 9.40. The molecule has 0 rings (SSSR count). The number of carbonyl (C=O) groups excluding carboxylic acids is 2. The molecule has 0 aromatic carbocycles. The Morgan fingerprint density at radius 2 is 2.08 bits per heavy atom. The first kappa shape index (κ1) is 10.7. The maximum absolute atomic E-state index is 10.9. The van der Waals surface area contributed by atoms with Gasteiger partial charge < -0.3 is 15.5 Å². The lowest BCUT2D eigenvalue weighted by Crippen LogP contribution is -2.35. The average molecular weight is 173 g/mol. The van der Waals surface area contributed by atoms with E-state index in [0.717, 1.165) is 6.42 Å². The number of amides is 3. The molecule has 0 aliphatic carbocycles. The minimum Gasteiger partial charge on any atom is -0.359 e. The van der Waals surface area contributed by atoms with Gasteiger partial charge in [-0.05, 0) is 6.42 Å². The first-order valence-corrected chi connectivity index (χ1v) is 3.80. The molecule has 0 aromatic rings. The van der Waals surface area contributed by atoms with Gasteiger partial charge in [0.1, 0.15) is 0 Å². The van der Waals surface area contributed by atoms with E-state index in [1.54, 1.807) is 14.1 Å². The van der Waals surface area contributed by atoms with Gasteiger partial charge in [-0.3, -0.25) is 4.79 Å². The first-order valence-electron chi connectivity index (χ1n) is 3.80. The number of rotatable bonds is 5. The predicted octanol–water partition coefficient (Wildman–Crippen LogP) is -0.606. The summed E-state index contributed by atoms with van der Waals surface area (Å²) in [5.74, 6) is 0. The van der Waals surface area contributed by atoms with Crippen LogP contribution in [-0.2, 0) is 4.79 Å². The third-order valence-corrected chi connectivity index (χ3v) is 1.26. The van der Waals surface area contributed by atoms with Crippen molar-refractivity contribution in [2.75, 3.05) is 27.2 Å². The molecule has 0 unspecified atom stereocenters. The second kappa shape index (κ2) is 6.45. The molecular weight excluding hydrogens is 158 g/mol. The lowest BCUT2D eigenvalue weighted by molar-refractivity contribution is -0.109. The number of nitrogens with zero attached hydrogens (tertiary/aromatic N) is 1. The first-order chi connectivity index (χ1) is 5.68. The highest BCUT2D eigenvalue weighted by molar-refractivity contribution is 5.73. The molecule has 0 fully saturated rings. The standard InChI is InChI=1S/C7H15N3O2/c1-10(2)7(12)9-5-3-4-8-6-11/h6H,3-5H2,1-2H3,(H,8,11)(H,9,12). The van der Waals surface area contributed by atoms with Crippen LogP contribution < -0.4 is 10.6 Å². The molecule has 5 nitrogen and oxygen atoms in total. The maximum Gasteiger partial charge on any atom is 0.316 e. The molecule has 0 aliphatic heterocycles. The van der Waals surface area contributed by atoms with Crippen LogP contribution in [0, 0.1) is 0 Å². The van der Waals surface area contributed by atoms with Crippen molar-refractivity contribution in [3.05, 3.63) is 0 Å². The Morgan fingerprint density at radius 1 is 1.42 bits per heavy atom. The number of hydrogen-bond acceptors (Lipinski definition) is 2. The van der Waals surface area contributed by atoms with E-state index in [0.29, 0.717) is 19.5 Å². The van der Waals surface area contributed by atoms with Crippen LogP contribution in [0.25, 0.3) is 0 Å². The minimum absolute atomic E-state index is 0.110. The Labute approximate surface area is 72.1 Å². The van der Waals surface area contributed by atoms with Crippen molar-refractivity contribution in [2.24, 2.45) is 0 Å². The fourth-order valence-corrected chi connectivity index (χ4v) is 0.603. The lowest BCUT2D eigenvalue weighted by Gasteiger charge is -2.11. The lowest BCUT2D eigenvalue weighted by atomic mass is 10.4. The predicted molar refractivity (Wildman–Crippen MR) is 45.8 cm³/mol. The summed E-state index contributed by atoms with van der Waals surface area (Å²) in [7, 11) is 3.36. The fraction of sp³-hybridized carbons (Fsp3) is 0.714. The molecule has 0 heterocycles. The number of urea groups is 1. The van der Waals surface area contributed by atoms with Crippen molar-refractivity contribution < 1.29 is 9.59 Å². The Kier molecular flexibility index (Phi) is 5.77. The van der Waals surface area contributed by atoms with E-state index >= 15 is 0 Å². The zero-order valence-electron chi connectivity index (χ0n) is 7.46. The van der Waals surface area contributed by atoms with Crippen molar-refractivity contribution in [3.63, 3.8) is 0 Å². The van der Waals surface area contributed by atoms with E-state index < -0.39 is 0 Å². The van der Waals surface area contributed by atoms with Crippen LogP contribution in [-0.4, -0.2) is 44.5 Å². The van der Waals surface area contributed by atoms with Gasteiger partial charge in [-0.25, -0.2) is 4.79 Å². The van der Waals surface area contributed by atoms with Gasteiger partial charge in [-0.1, -0.05) is 0 Å². The highest BCUT2D eigenvalue weighted by Gasteiger charge is 1.99. The van der Waals surface area contributed by atoms with Gasteiger partial charge in [0, 0.05) is 27.2 Å². The molecular formula is C7H15N3O2. The van der Waals surface area contributed by atoms with Gasteiger partial charge in [0.2, 0.25) is 6.41 Å². The Bertz CT molecular complexity index is 148. The number of nitrogens with one attached hydrogen (secondary N) is 2. The monoisotopic (exact) mass is 173 g/mol. The highest BCUT2D eigenvalue weighted by atomic mass is 16.2. The summed E-state index contributed by atoms with van der Waals surface area (Å²) >= 11 is 0. The summed E-state index contributed by atoms with van der Waals surface area (Å²) in [6.45, 7) is 1.18. The number of hydrogen-bond donors (Lipinski definition) is 2. The molecule has 0 spiro atoms. The van der Waals surface area contributed by atoms with Gasteiger partial charge in [0.15, 0.2) is 0 Å². The van der Waals surface area contributed by atoms with Gasteiger partial charge in [0.25, 0.3) is 0 Å². The largest absolute Gasteiger partial charge is 0.359 e. The summed E-state index contributed by atoms with van der Waals surface area (Å²) in [5.41, 5.74) is 0. The molecule has 70 valence electrons. The Hall–Kier alpha value is -1.26. The van der Waals surface area contributed by atoms with Gasteiger partial charge in [-0.2, -0.15) is 0 Å². The van der Waals surface area contributed by atoms with E-state index in [1.807, 2.05) is 0 Å². The third kappa shape index (κ3) is 5.52. The van der Waals surface area contributed by atoms with Gasteiger partial charge >= 0.3 is 6.03 Å². The molecule has 0 aliphatic rings. The van der Waals surface area contributed by atoms with Gasteiger partial charge in [-0.15, -0.1) is 0 Å². The van der Waals surface area contributed by atoms with Crippen LogP contribution >= 0.6 is 0 Å². The summed E-state index contributed by atoms with van der Waals surface area (Å²) < 4.78 is 0. The minimum atomic E-state index is -0.110. The topological polar surface area (TPSA) is 61.4 Å². The van der Waals surface area contributed by atoms with Crippen LogP contribution in [0.4, 0.5) is 4.79 Å². The second-order valence-corrected chi connectivity index (χ2v) is 2.55. The summed E-state index contributed by atoms with van der Waals surface area (Å²) in [4.78, 5) is 22.2. The molecule has 0 saturated carbocycles. The normalized spacial score (nSPS) is 8.83. The molecule has 0 bridgehead atoms. The van der Waals surface area contributed by atoms with E-state index in [1.165, 1.54) is 4.90 Å². The summed E-state index contributed by atoms with van der Waals surface area (Å²) in [6, 6.07) is -0.110. The molecule has 12 heavy (non-hydrogen) atoms. The van der Waals surface area contributed by atoms with Crippen LogP contribution in [0.15, 0.2) is 0 Å². The van der Waals surface area contributed by atoms with E-state index in [4.69, 9.17) is 0 Å². The van der Waals surface area contributed by atoms with Crippen LogP contribution in [0.1, 0.15) is 6.42 Å². The van der Waals surface area contributed by atoms with Gasteiger partial charge in [0.05, 0.1) is 0 Å². The molecule has 0 atom stereocenters. The van der Waals surface area contributed by atoms with Crippen LogP contribution in [0.5, 0.6) is 0 Å². The van der Waals surface area contributed by atoms with E-state index in [-0.39, 0.29) is 6.03 Å². The molecule has 2 N–H and O–H groups in total. The molecule has 5 heteroatoms. The number of carbonyl (C=O) groups is 2. The van der Waals surface area contributed by atoms with Crippen molar-refractivity contribution in [1.82, 2.24) is 15.5 Å². The Balaban J connectivity index is 3.19. The van der Waals surface area contributed by atoms with Crippen molar-refractivity contribution in [3.8, 4) is 0 Å². The Morgan fingerprint density at radius 3 is 2.58 bits per heavy atom. The highest BCUT2D eigenvalue weighted by Crippen LogP contribution is 1.78. The zero-order valence-corrected chi connectivity index (χ0v) is 7.46. The molecule has 0 saturated heterocycles. The summed E-state index contributed by atoms with van der Waals surface area (Å²) in [6.07, 6.45) is 1.39. The smallest absolute Gasteiger partial charge is 0.316 e. The van der Waals surface area contributed by atoms with Crippen molar-refractivity contribution in [2.45, 2.75) is 6.42 Å². The summed E-state index contributed by atoms with van der Waals surface area (Å²) in [5, 5.41) is 5.18. The molecule has 3 amide bonds. The third-order valence-electron chi connectivity index (χ3n) is 1.26. The SMILES string of the molecule is CN(C)C(=O)NCCCNC=O. The fourth-order valence-electron chi connectivity index (χ4n) is 0.603. The van der Waals surface area contributed by atoms with Crippen molar-refractivity contribution in [1.29, 1.82) is 0 Å². The van der Waals surface area contributed by atoms with E-state index in [9.17, 15) is 9.59 Å². The van der Waals surface area contributed by atoms with E-state index in [2.05, 4.69) is 10.6 Å². The maximum atomic E-state index is 10.9. The molecule has 0 aromatic heterocycles. The molecule has 0 radical (unpaired) electrons. The van der Waals surface area contributed by atoms with Crippen LogP contribution in [0.2, 0.25) is 0 Å². The van der Waals surface area contributed by atoms with Crippen LogP contribution in [0.3, 0.4) is 0 Å². The quantitative estimate of drug-likeness (QED) is 0.430. The second-order valence-electron chi connectivity index (χ2n) is 2.55.